The molecule has 1 fully saturated rings. The van der Waals surface area contributed by atoms with Gasteiger partial charge in [-0.1, -0.05) is 29.8 Å². The number of halogens is 1. The molecule has 1 aliphatic heterocycles. The summed E-state index contributed by atoms with van der Waals surface area (Å²) < 4.78 is 13.2. The van der Waals surface area contributed by atoms with Crippen molar-refractivity contribution in [3.63, 3.8) is 0 Å². The van der Waals surface area contributed by atoms with E-state index < -0.39 is 0 Å². The first-order valence-corrected chi connectivity index (χ1v) is 13.1. The molecule has 2 heterocycles. The number of carbonyl (C=O) groups excluding carboxylic acids is 2. The largest absolute Gasteiger partial charge is 0.497 e. The Morgan fingerprint density at radius 3 is 2.18 bits per heavy atom. The van der Waals surface area contributed by atoms with Gasteiger partial charge in [0, 0.05) is 22.1 Å². The maximum absolute atomic E-state index is 13.1. The molecule has 3 aromatic carbocycles. The number of aromatic nitrogens is 1. The molecule has 0 atom stereocenters. The van der Waals surface area contributed by atoms with Crippen molar-refractivity contribution in [1.29, 1.82) is 0 Å². The average Bonchev–Trinajstić information content (AvgIpc) is 3.34. The Morgan fingerprint density at radius 1 is 0.895 bits per heavy atom. The first-order chi connectivity index (χ1) is 18.3. The van der Waals surface area contributed by atoms with Crippen LogP contribution >= 0.6 is 23.4 Å². The SMILES string of the molecule is COc1ccc(Oc2ccc(-n3c(C)cc(/C=C4\SC(=O)N(Cc5ccccc5Cl)C4=O)c3C)cc2)cc1. The number of nitrogens with zero attached hydrogens (tertiary/aromatic N) is 2. The monoisotopic (exact) mass is 544 g/mol. The molecule has 5 rings (SSSR count). The smallest absolute Gasteiger partial charge is 0.293 e. The molecule has 1 saturated heterocycles. The van der Waals surface area contributed by atoms with Crippen molar-refractivity contribution >= 4 is 40.6 Å². The highest BCUT2D eigenvalue weighted by atomic mass is 35.5. The van der Waals surface area contributed by atoms with Crippen LogP contribution in [0, 0.1) is 13.8 Å². The molecule has 0 saturated carbocycles. The summed E-state index contributed by atoms with van der Waals surface area (Å²) in [6.07, 6.45) is 1.79. The van der Waals surface area contributed by atoms with Gasteiger partial charge in [-0.3, -0.25) is 14.5 Å². The predicted octanol–water partition coefficient (Wildman–Crippen LogP) is 7.78. The lowest BCUT2D eigenvalue weighted by molar-refractivity contribution is -0.123. The molecule has 8 heteroatoms. The van der Waals surface area contributed by atoms with E-state index >= 15 is 0 Å². The fourth-order valence-corrected chi connectivity index (χ4v) is 5.37. The Balaban J connectivity index is 1.35. The van der Waals surface area contributed by atoms with Crippen LogP contribution in [0.1, 0.15) is 22.5 Å². The molecule has 1 aromatic heterocycles. The number of aryl methyl sites for hydroxylation is 1. The molecular formula is C30H25ClN2O4S. The van der Waals surface area contributed by atoms with E-state index in [1.165, 1.54) is 4.90 Å². The van der Waals surface area contributed by atoms with Crippen LogP contribution in [-0.2, 0) is 11.3 Å². The number of methoxy groups -OCH3 is 1. The Morgan fingerprint density at radius 2 is 1.53 bits per heavy atom. The van der Waals surface area contributed by atoms with Gasteiger partial charge in [0.1, 0.15) is 17.2 Å². The minimum atomic E-state index is -0.315. The summed E-state index contributed by atoms with van der Waals surface area (Å²) in [5.41, 5.74) is 4.55. The summed E-state index contributed by atoms with van der Waals surface area (Å²) in [4.78, 5) is 27.3. The Bertz CT molecular complexity index is 1540. The zero-order valence-corrected chi connectivity index (χ0v) is 22.7. The van der Waals surface area contributed by atoms with Gasteiger partial charge in [0.15, 0.2) is 0 Å². The summed E-state index contributed by atoms with van der Waals surface area (Å²) in [6.45, 7) is 4.15. The highest BCUT2D eigenvalue weighted by molar-refractivity contribution is 8.18. The summed E-state index contributed by atoms with van der Waals surface area (Å²) in [5, 5.41) is 0.224. The number of thioether (sulfide) groups is 1. The van der Waals surface area contributed by atoms with Gasteiger partial charge in [-0.2, -0.15) is 0 Å². The normalized spacial score (nSPS) is 14.4. The van der Waals surface area contributed by atoms with Crippen molar-refractivity contribution in [1.82, 2.24) is 9.47 Å². The van der Waals surface area contributed by atoms with Gasteiger partial charge >= 0.3 is 0 Å². The summed E-state index contributed by atoms with van der Waals surface area (Å²) in [7, 11) is 1.63. The second kappa shape index (κ2) is 10.8. The van der Waals surface area contributed by atoms with E-state index in [-0.39, 0.29) is 17.7 Å². The van der Waals surface area contributed by atoms with Crippen molar-refractivity contribution < 1.29 is 19.1 Å². The molecule has 1 aliphatic rings. The van der Waals surface area contributed by atoms with E-state index in [2.05, 4.69) is 4.57 Å². The van der Waals surface area contributed by atoms with Crippen LogP contribution in [0.4, 0.5) is 4.79 Å². The highest BCUT2D eigenvalue weighted by Gasteiger charge is 2.35. The lowest BCUT2D eigenvalue weighted by atomic mass is 10.2. The van der Waals surface area contributed by atoms with E-state index in [0.29, 0.717) is 15.7 Å². The first kappa shape index (κ1) is 25.7. The second-order valence-corrected chi connectivity index (χ2v) is 10.2. The zero-order chi connectivity index (χ0) is 26.8. The van der Waals surface area contributed by atoms with Crippen LogP contribution in [0.25, 0.3) is 11.8 Å². The Kier molecular flexibility index (Phi) is 7.31. The Hall–Kier alpha value is -3.94. The second-order valence-electron chi connectivity index (χ2n) is 8.79. The van der Waals surface area contributed by atoms with Gasteiger partial charge in [0.25, 0.3) is 11.1 Å². The van der Waals surface area contributed by atoms with Crippen LogP contribution in [-0.4, -0.2) is 27.7 Å². The molecular weight excluding hydrogens is 520 g/mol. The van der Waals surface area contributed by atoms with Crippen molar-refractivity contribution in [2.24, 2.45) is 0 Å². The fourth-order valence-electron chi connectivity index (χ4n) is 4.35. The van der Waals surface area contributed by atoms with Gasteiger partial charge in [-0.05, 0) is 103 Å². The van der Waals surface area contributed by atoms with Crippen LogP contribution in [0.2, 0.25) is 5.02 Å². The molecule has 0 bridgehead atoms. The zero-order valence-electron chi connectivity index (χ0n) is 21.1. The van der Waals surface area contributed by atoms with Crippen molar-refractivity contribution in [3.8, 4) is 22.9 Å². The number of benzene rings is 3. The number of imide groups is 1. The standard InChI is InChI=1S/C30H25ClN2O4S/c1-19-16-22(17-28-29(34)32(30(35)38-28)18-21-6-4-5-7-27(21)31)20(2)33(19)23-8-10-25(11-9-23)37-26-14-12-24(36-3)13-15-26/h4-17H,18H2,1-3H3/b28-17-. The van der Waals surface area contributed by atoms with Gasteiger partial charge in [-0.15, -0.1) is 0 Å². The topological polar surface area (TPSA) is 60.8 Å². The highest BCUT2D eigenvalue weighted by Crippen LogP contribution is 2.35. The maximum atomic E-state index is 13.1. The van der Waals surface area contributed by atoms with E-state index in [1.54, 1.807) is 19.3 Å². The molecule has 6 nitrogen and oxygen atoms in total. The minimum absolute atomic E-state index is 0.144. The lowest BCUT2D eigenvalue weighted by Crippen LogP contribution is -2.27. The van der Waals surface area contributed by atoms with Gasteiger partial charge < -0.3 is 14.0 Å². The number of ether oxygens (including phenoxy) is 2. The molecule has 0 spiro atoms. The molecule has 0 N–H and O–H groups in total. The minimum Gasteiger partial charge on any atom is -0.497 e. The molecule has 0 radical (unpaired) electrons. The third-order valence-corrected chi connectivity index (χ3v) is 7.58. The molecule has 0 aliphatic carbocycles. The molecule has 38 heavy (non-hydrogen) atoms. The quantitative estimate of drug-likeness (QED) is 0.222. The van der Waals surface area contributed by atoms with Crippen LogP contribution in [0.3, 0.4) is 0 Å². The summed E-state index contributed by atoms with van der Waals surface area (Å²) in [5.74, 6) is 1.89. The number of carbonyl (C=O) groups is 2. The average molecular weight is 545 g/mol. The molecule has 0 unspecified atom stereocenters. The third kappa shape index (κ3) is 5.21. The van der Waals surface area contributed by atoms with Gasteiger partial charge in [-0.25, -0.2) is 0 Å². The number of rotatable bonds is 7. The summed E-state index contributed by atoms with van der Waals surface area (Å²) >= 11 is 7.19. The van der Waals surface area contributed by atoms with E-state index in [0.717, 1.165) is 51.5 Å². The predicted molar refractivity (Wildman–Crippen MR) is 151 cm³/mol. The van der Waals surface area contributed by atoms with Crippen LogP contribution in [0.5, 0.6) is 17.2 Å². The van der Waals surface area contributed by atoms with Crippen LogP contribution < -0.4 is 9.47 Å². The van der Waals surface area contributed by atoms with Gasteiger partial charge in [0.2, 0.25) is 0 Å². The van der Waals surface area contributed by atoms with Gasteiger partial charge in [0.05, 0.1) is 18.6 Å². The Labute approximate surface area is 230 Å². The maximum Gasteiger partial charge on any atom is 0.293 e. The fraction of sp³-hybridized carbons (Fsp3) is 0.133. The molecule has 192 valence electrons. The molecule has 2 amide bonds. The first-order valence-electron chi connectivity index (χ1n) is 11.9. The lowest BCUT2D eigenvalue weighted by Gasteiger charge is -2.13. The number of hydrogen-bond donors (Lipinski definition) is 0. The van der Waals surface area contributed by atoms with Crippen molar-refractivity contribution in [2.45, 2.75) is 20.4 Å². The molecule has 4 aromatic rings. The van der Waals surface area contributed by atoms with Crippen molar-refractivity contribution in [3.05, 3.63) is 111 Å². The van der Waals surface area contributed by atoms with E-state index in [9.17, 15) is 9.59 Å². The third-order valence-electron chi connectivity index (χ3n) is 6.31. The van der Waals surface area contributed by atoms with Crippen LogP contribution in [0.15, 0.2) is 83.8 Å². The van der Waals surface area contributed by atoms with E-state index in [1.807, 2.05) is 86.6 Å². The number of hydrogen-bond acceptors (Lipinski definition) is 5. The number of amides is 2. The van der Waals surface area contributed by atoms with E-state index in [4.69, 9.17) is 21.1 Å². The van der Waals surface area contributed by atoms with Crippen molar-refractivity contribution in [2.75, 3.05) is 7.11 Å². The summed E-state index contributed by atoms with van der Waals surface area (Å²) in [6, 6.07) is 24.4.